The van der Waals surface area contributed by atoms with Gasteiger partial charge in [-0.1, -0.05) is 0 Å². The van der Waals surface area contributed by atoms with Crippen LogP contribution in [0.2, 0.25) is 0 Å². The molecule has 5 nitrogen and oxygen atoms in total. The quantitative estimate of drug-likeness (QED) is 0.646. The molecule has 2 heterocycles. The Labute approximate surface area is 96.6 Å². The molecule has 0 fully saturated rings. The summed E-state index contributed by atoms with van der Waals surface area (Å²) in [6, 6.07) is 1.92. The van der Waals surface area contributed by atoms with Gasteiger partial charge in [0.05, 0.1) is 25.1 Å². The van der Waals surface area contributed by atoms with Gasteiger partial charge in [0.25, 0.3) is 0 Å². The molecule has 0 radical (unpaired) electrons. The molecule has 2 aromatic rings. The van der Waals surface area contributed by atoms with Crippen LogP contribution in [0.25, 0.3) is 11.0 Å². The van der Waals surface area contributed by atoms with E-state index in [-0.39, 0.29) is 5.97 Å². The molecule has 2 rings (SSSR count). The maximum atomic E-state index is 10.9. The molecule has 1 N–H and O–H groups in total. The molecule has 0 unspecified atom stereocenters. The summed E-state index contributed by atoms with van der Waals surface area (Å²) < 4.78 is 4.58. The Kier molecular flexibility index (Phi) is 3.40. The molecule has 6 heteroatoms. The summed E-state index contributed by atoms with van der Waals surface area (Å²) in [7, 11) is 1.40. The van der Waals surface area contributed by atoms with Crippen LogP contribution in [0.3, 0.4) is 0 Å². The van der Waals surface area contributed by atoms with E-state index in [9.17, 15) is 4.79 Å². The number of methoxy groups -OCH3 is 1. The summed E-state index contributed by atoms with van der Waals surface area (Å²) >= 11 is 1.60. The fourth-order valence-electron chi connectivity index (χ4n) is 1.30. The van der Waals surface area contributed by atoms with Crippen LogP contribution < -0.4 is 0 Å². The Morgan fingerprint density at radius 3 is 3.31 bits per heavy atom. The number of rotatable bonds is 4. The minimum atomic E-state index is -0.190. The van der Waals surface area contributed by atoms with Gasteiger partial charge in [-0.3, -0.25) is 9.89 Å². The number of thioether (sulfide) groups is 1. The van der Waals surface area contributed by atoms with Crippen molar-refractivity contribution in [1.82, 2.24) is 15.2 Å². The van der Waals surface area contributed by atoms with Gasteiger partial charge in [0.15, 0.2) is 5.65 Å². The third-order valence-corrected chi connectivity index (χ3v) is 3.18. The highest BCUT2D eigenvalue weighted by atomic mass is 32.2. The number of carbonyl (C=O) groups excluding carboxylic acids is 1. The molecule has 16 heavy (non-hydrogen) atoms. The summed E-state index contributed by atoms with van der Waals surface area (Å²) in [4.78, 5) is 16.2. The Bertz CT molecular complexity index is 498. The summed E-state index contributed by atoms with van der Waals surface area (Å²) in [6.45, 7) is 0. The van der Waals surface area contributed by atoms with Crippen molar-refractivity contribution < 1.29 is 9.53 Å². The predicted molar refractivity (Wildman–Crippen MR) is 61.2 cm³/mol. The smallest absolute Gasteiger partial charge is 0.306 e. The van der Waals surface area contributed by atoms with Crippen LogP contribution in [-0.2, 0) is 9.53 Å². The van der Waals surface area contributed by atoms with Gasteiger partial charge in [0.2, 0.25) is 0 Å². The Morgan fingerprint density at radius 1 is 1.62 bits per heavy atom. The second-order valence-electron chi connectivity index (χ2n) is 3.12. The van der Waals surface area contributed by atoms with Crippen LogP contribution in [0.5, 0.6) is 0 Å². The van der Waals surface area contributed by atoms with Crippen molar-refractivity contribution in [2.75, 3.05) is 12.9 Å². The zero-order valence-electron chi connectivity index (χ0n) is 8.77. The standard InChI is InChI=1S/C10H11N3O2S/c1-15-9(14)3-5-16-8-2-4-11-10-7(8)6-12-13-10/h2,4,6H,3,5H2,1H3,(H,11,12,13). The zero-order chi connectivity index (χ0) is 11.4. The van der Waals surface area contributed by atoms with Gasteiger partial charge >= 0.3 is 5.97 Å². The fourth-order valence-corrected chi connectivity index (χ4v) is 2.25. The summed E-state index contributed by atoms with van der Waals surface area (Å²) in [6.07, 6.45) is 3.87. The van der Waals surface area contributed by atoms with E-state index >= 15 is 0 Å². The third kappa shape index (κ3) is 2.33. The molecule has 0 aliphatic carbocycles. The van der Waals surface area contributed by atoms with Gasteiger partial charge in [-0.25, -0.2) is 4.98 Å². The summed E-state index contributed by atoms with van der Waals surface area (Å²) in [5.74, 6) is 0.502. The van der Waals surface area contributed by atoms with E-state index in [0.717, 1.165) is 15.9 Å². The largest absolute Gasteiger partial charge is 0.469 e. The van der Waals surface area contributed by atoms with Gasteiger partial charge in [-0.15, -0.1) is 11.8 Å². The van der Waals surface area contributed by atoms with Gasteiger partial charge in [0, 0.05) is 16.8 Å². The van der Waals surface area contributed by atoms with E-state index in [2.05, 4.69) is 19.9 Å². The lowest BCUT2D eigenvalue weighted by Gasteiger charge is -2.01. The number of ether oxygens (including phenoxy) is 1. The molecule has 2 aromatic heterocycles. The number of nitrogens with one attached hydrogen (secondary N) is 1. The van der Waals surface area contributed by atoms with Crippen LogP contribution in [0.15, 0.2) is 23.4 Å². The highest BCUT2D eigenvalue weighted by Gasteiger charge is 2.05. The number of nitrogens with zero attached hydrogens (tertiary/aromatic N) is 2. The van der Waals surface area contributed by atoms with Crippen LogP contribution in [0, 0.1) is 0 Å². The lowest BCUT2D eigenvalue weighted by Crippen LogP contribution is -2.00. The molecular weight excluding hydrogens is 226 g/mol. The molecule has 84 valence electrons. The van der Waals surface area contributed by atoms with Crippen molar-refractivity contribution in [1.29, 1.82) is 0 Å². The summed E-state index contributed by atoms with van der Waals surface area (Å²) in [5.41, 5.74) is 0.767. The average molecular weight is 237 g/mol. The maximum absolute atomic E-state index is 10.9. The van der Waals surface area contributed by atoms with E-state index in [1.54, 1.807) is 24.2 Å². The first kappa shape index (κ1) is 10.9. The van der Waals surface area contributed by atoms with Crippen LogP contribution in [0.1, 0.15) is 6.42 Å². The molecule has 0 aliphatic rings. The molecule has 0 spiro atoms. The molecule has 0 aliphatic heterocycles. The molecule has 0 atom stereocenters. The zero-order valence-corrected chi connectivity index (χ0v) is 9.58. The first-order chi connectivity index (χ1) is 7.81. The molecule has 0 saturated heterocycles. The Balaban J connectivity index is 2.04. The molecule has 0 amide bonds. The minimum absolute atomic E-state index is 0.190. The van der Waals surface area contributed by atoms with E-state index in [1.807, 2.05) is 6.07 Å². The topological polar surface area (TPSA) is 67.9 Å². The second-order valence-corrected chi connectivity index (χ2v) is 4.25. The highest BCUT2D eigenvalue weighted by Crippen LogP contribution is 2.25. The van der Waals surface area contributed by atoms with E-state index < -0.39 is 0 Å². The number of hydrogen-bond acceptors (Lipinski definition) is 5. The summed E-state index contributed by atoms with van der Waals surface area (Å²) in [5, 5.41) is 7.72. The maximum Gasteiger partial charge on any atom is 0.306 e. The minimum Gasteiger partial charge on any atom is -0.469 e. The number of esters is 1. The fraction of sp³-hybridized carbons (Fsp3) is 0.300. The molecular formula is C10H11N3O2S. The van der Waals surface area contributed by atoms with Crippen LogP contribution >= 0.6 is 11.8 Å². The Hall–Kier alpha value is -1.56. The van der Waals surface area contributed by atoms with Crippen molar-refractivity contribution in [3.8, 4) is 0 Å². The van der Waals surface area contributed by atoms with Gasteiger partial charge in [-0.05, 0) is 6.07 Å². The second kappa shape index (κ2) is 4.98. The number of fused-ring (bicyclic) bond motifs is 1. The SMILES string of the molecule is COC(=O)CCSc1ccnc2[nH]ncc12. The van der Waals surface area contributed by atoms with Crippen molar-refractivity contribution in [2.24, 2.45) is 0 Å². The number of hydrogen-bond donors (Lipinski definition) is 1. The lowest BCUT2D eigenvalue weighted by atomic mass is 10.4. The average Bonchev–Trinajstić information content (AvgIpc) is 2.77. The normalized spacial score (nSPS) is 10.6. The lowest BCUT2D eigenvalue weighted by molar-refractivity contribution is -0.140. The van der Waals surface area contributed by atoms with E-state index in [4.69, 9.17) is 0 Å². The number of carbonyl (C=O) groups is 1. The number of aromatic nitrogens is 3. The van der Waals surface area contributed by atoms with Crippen molar-refractivity contribution >= 4 is 28.8 Å². The van der Waals surface area contributed by atoms with Crippen molar-refractivity contribution in [3.05, 3.63) is 18.5 Å². The third-order valence-electron chi connectivity index (χ3n) is 2.11. The van der Waals surface area contributed by atoms with Crippen LogP contribution in [-0.4, -0.2) is 34.0 Å². The van der Waals surface area contributed by atoms with Gasteiger partial charge < -0.3 is 4.74 Å². The molecule has 0 bridgehead atoms. The van der Waals surface area contributed by atoms with Crippen molar-refractivity contribution in [2.45, 2.75) is 11.3 Å². The van der Waals surface area contributed by atoms with Gasteiger partial charge in [0.1, 0.15) is 0 Å². The van der Waals surface area contributed by atoms with Crippen molar-refractivity contribution in [3.63, 3.8) is 0 Å². The molecule has 0 saturated carbocycles. The van der Waals surface area contributed by atoms with Gasteiger partial charge in [-0.2, -0.15) is 5.10 Å². The van der Waals surface area contributed by atoms with E-state index in [1.165, 1.54) is 7.11 Å². The van der Waals surface area contributed by atoms with E-state index in [0.29, 0.717) is 12.2 Å². The Morgan fingerprint density at radius 2 is 2.50 bits per heavy atom. The first-order valence-electron chi connectivity index (χ1n) is 4.79. The predicted octanol–water partition coefficient (Wildman–Crippen LogP) is 1.61. The molecule has 0 aromatic carbocycles. The first-order valence-corrected chi connectivity index (χ1v) is 5.77. The number of aromatic amines is 1. The monoisotopic (exact) mass is 237 g/mol. The highest BCUT2D eigenvalue weighted by molar-refractivity contribution is 7.99. The number of H-pyrrole nitrogens is 1. The number of pyridine rings is 1. The van der Waals surface area contributed by atoms with Crippen LogP contribution in [0.4, 0.5) is 0 Å².